The maximum absolute atomic E-state index is 13.6. The second-order valence-electron chi connectivity index (χ2n) is 10.2. The molecule has 3 atom stereocenters. The van der Waals surface area contributed by atoms with Crippen molar-refractivity contribution in [3.8, 4) is 0 Å². The lowest BCUT2D eigenvalue weighted by Crippen LogP contribution is -2.45. The monoisotopic (exact) mass is 512 g/mol. The second kappa shape index (κ2) is 12.9. The lowest BCUT2D eigenvalue weighted by Gasteiger charge is -2.30. The number of esters is 1. The minimum absolute atomic E-state index is 0.167. The van der Waals surface area contributed by atoms with Crippen molar-refractivity contribution in [2.75, 3.05) is 6.67 Å². The zero-order valence-electron chi connectivity index (χ0n) is 22.2. The third kappa shape index (κ3) is 6.79. The smallest absolute Gasteiger partial charge is 0.306 e. The van der Waals surface area contributed by atoms with Gasteiger partial charge in [0.15, 0.2) is 11.6 Å². The summed E-state index contributed by atoms with van der Waals surface area (Å²) in [5.74, 6) is -3.20. The molecule has 0 bridgehead atoms. The molecule has 0 saturated heterocycles. The summed E-state index contributed by atoms with van der Waals surface area (Å²) in [5, 5.41) is 6.12. The highest BCUT2D eigenvalue weighted by Gasteiger charge is 2.50. The van der Waals surface area contributed by atoms with E-state index in [0.29, 0.717) is 17.8 Å². The van der Waals surface area contributed by atoms with Crippen LogP contribution in [0.2, 0.25) is 0 Å². The third-order valence-electron chi connectivity index (χ3n) is 7.08. The lowest BCUT2D eigenvalue weighted by molar-refractivity contribution is -0.154. The average Bonchev–Trinajstić information content (AvgIpc) is 3.34. The van der Waals surface area contributed by atoms with Crippen LogP contribution in [-0.4, -0.2) is 46.6 Å². The zero-order chi connectivity index (χ0) is 27.0. The number of hydrogen-bond acceptors (Lipinski definition) is 7. The number of hydrogen-bond donors (Lipinski definition) is 0. The number of unbranched alkanes of at least 4 members (excludes halogenated alkanes) is 2. The number of nitrogens with zero attached hydrogens (tertiary/aromatic N) is 2. The van der Waals surface area contributed by atoms with Gasteiger partial charge in [0.2, 0.25) is 5.60 Å². The Morgan fingerprint density at radius 1 is 1.11 bits per heavy atom. The summed E-state index contributed by atoms with van der Waals surface area (Å²) < 4.78 is 18.8. The van der Waals surface area contributed by atoms with E-state index in [9.17, 15) is 18.8 Å². The number of fused-ring (bicyclic) bond motifs is 1. The Labute approximate surface area is 217 Å². The molecule has 2 aromatic rings. The summed E-state index contributed by atoms with van der Waals surface area (Å²) in [7, 11) is 0. The molecular formula is C29H37FN2O5. The zero-order valence-corrected chi connectivity index (χ0v) is 22.2. The predicted molar refractivity (Wildman–Crippen MR) is 140 cm³/mol. The van der Waals surface area contributed by atoms with Crippen LogP contribution in [0.3, 0.4) is 0 Å². The lowest BCUT2D eigenvalue weighted by atomic mass is 9.77. The molecule has 1 aliphatic rings. The van der Waals surface area contributed by atoms with E-state index in [1.54, 1.807) is 13.1 Å². The number of rotatable bonds is 14. The second-order valence-corrected chi connectivity index (χ2v) is 10.2. The summed E-state index contributed by atoms with van der Waals surface area (Å²) >= 11 is 0. The first-order valence-electron chi connectivity index (χ1n) is 13.1. The van der Waals surface area contributed by atoms with E-state index < -0.39 is 35.7 Å². The summed E-state index contributed by atoms with van der Waals surface area (Å²) in [5.41, 5.74) is -0.168. The Balaban J connectivity index is 1.73. The van der Waals surface area contributed by atoms with Crippen molar-refractivity contribution in [1.82, 2.24) is 4.98 Å². The fourth-order valence-electron chi connectivity index (χ4n) is 4.73. The van der Waals surface area contributed by atoms with Gasteiger partial charge in [0.1, 0.15) is 12.4 Å². The standard InChI is InChI=1S/C29H37FN2O5/c1-5-6-7-10-20(4)36-27(35)16-22(25(33)18-30)15-26(34)29(19(2)3)17-24(32-37-29)28-23-12-9-8-11-21(23)13-14-31-28/h8-9,11-14,19-20,22H,5-7,10,15-18H2,1-4H3/t20?,22-,29+/m0/s1. The number of ketones is 2. The van der Waals surface area contributed by atoms with E-state index in [4.69, 9.17) is 9.57 Å². The van der Waals surface area contributed by atoms with E-state index in [2.05, 4.69) is 17.1 Å². The first kappa shape index (κ1) is 28.4. The number of Topliss-reactive ketones (excluding diaryl/α,β-unsaturated/α-hetero) is 2. The van der Waals surface area contributed by atoms with E-state index in [1.165, 1.54) is 0 Å². The highest BCUT2D eigenvalue weighted by Crippen LogP contribution is 2.37. The summed E-state index contributed by atoms with van der Waals surface area (Å²) in [6.07, 6.45) is 4.60. The van der Waals surface area contributed by atoms with Gasteiger partial charge < -0.3 is 9.57 Å². The number of oxime groups is 1. The maximum atomic E-state index is 13.6. The number of benzene rings is 1. The van der Waals surface area contributed by atoms with E-state index >= 15 is 0 Å². The van der Waals surface area contributed by atoms with Crippen molar-refractivity contribution >= 4 is 34.0 Å². The molecule has 0 aliphatic carbocycles. The van der Waals surface area contributed by atoms with Gasteiger partial charge in [0.25, 0.3) is 0 Å². The van der Waals surface area contributed by atoms with Gasteiger partial charge in [-0.05, 0) is 31.2 Å². The highest BCUT2D eigenvalue weighted by molar-refractivity contribution is 6.12. The van der Waals surface area contributed by atoms with Crippen molar-refractivity contribution in [1.29, 1.82) is 0 Å². The number of carbonyl (C=O) groups excluding carboxylic acids is 3. The van der Waals surface area contributed by atoms with Crippen LogP contribution in [0.4, 0.5) is 4.39 Å². The molecule has 0 amide bonds. The van der Waals surface area contributed by atoms with Crippen LogP contribution in [-0.2, 0) is 24.0 Å². The van der Waals surface area contributed by atoms with Gasteiger partial charge >= 0.3 is 5.97 Å². The van der Waals surface area contributed by atoms with Gasteiger partial charge in [-0.3, -0.25) is 19.4 Å². The van der Waals surface area contributed by atoms with Gasteiger partial charge in [-0.25, -0.2) is 4.39 Å². The van der Waals surface area contributed by atoms with Crippen LogP contribution in [0.5, 0.6) is 0 Å². The quantitative estimate of drug-likeness (QED) is 0.236. The predicted octanol–water partition coefficient (Wildman–Crippen LogP) is 5.77. The minimum atomic E-state index is -1.33. The summed E-state index contributed by atoms with van der Waals surface area (Å²) in [6.45, 7) is 6.31. The maximum Gasteiger partial charge on any atom is 0.306 e. The van der Waals surface area contributed by atoms with E-state index in [1.807, 2.05) is 44.2 Å². The van der Waals surface area contributed by atoms with Crippen LogP contribution < -0.4 is 0 Å². The molecule has 1 aromatic heterocycles. The number of alkyl halides is 1. The fourth-order valence-corrected chi connectivity index (χ4v) is 4.73. The van der Waals surface area contributed by atoms with Gasteiger partial charge in [0.05, 0.1) is 18.2 Å². The Morgan fingerprint density at radius 2 is 1.86 bits per heavy atom. The first-order chi connectivity index (χ1) is 17.7. The molecular weight excluding hydrogens is 475 g/mol. The first-order valence-corrected chi connectivity index (χ1v) is 13.1. The average molecular weight is 513 g/mol. The largest absolute Gasteiger partial charge is 0.463 e. The molecule has 0 radical (unpaired) electrons. The summed E-state index contributed by atoms with van der Waals surface area (Å²) in [4.78, 5) is 48.8. The van der Waals surface area contributed by atoms with Gasteiger partial charge in [-0.2, -0.15) is 0 Å². The van der Waals surface area contributed by atoms with Crippen molar-refractivity contribution in [2.24, 2.45) is 17.0 Å². The van der Waals surface area contributed by atoms with Crippen LogP contribution >= 0.6 is 0 Å². The minimum Gasteiger partial charge on any atom is -0.463 e. The normalized spacial score (nSPS) is 18.8. The Bertz CT molecular complexity index is 1140. The van der Waals surface area contributed by atoms with Gasteiger partial charge in [-0.15, -0.1) is 0 Å². The topological polar surface area (TPSA) is 94.9 Å². The van der Waals surface area contributed by atoms with Crippen molar-refractivity contribution in [3.05, 3.63) is 42.2 Å². The van der Waals surface area contributed by atoms with Crippen molar-refractivity contribution in [2.45, 2.75) is 84.3 Å². The summed E-state index contributed by atoms with van der Waals surface area (Å²) in [6, 6.07) is 9.63. The van der Waals surface area contributed by atoms with E-state index in [0.717, 1.165) is 30.0 Å². The molecule has 1 aromatic carbocycles. The molecule has 7 nitrogen and oxygen atoms in total. The molecule has 0 spiro atoms. The molecule has 200 valence electrons. The SMILES string of the molecule is CCCCCC(C)OC(=O)C[C@H](CC(=O)[C@]1(C(C)C)CC(c2nccc3ccccc23)=NO1)C(=O)CF. The van der Waals surface area contributed by atoms with Crippen LogP contribution in [0.25, 0.3) is 10.8 Å². The van der Waals surface area contributed by atoms with Crippen molar-refractivity contribution < 1.29 is 28.3 Å². The van der Waals surface area contributed by atoms with Crippen LogP contribution in [0.15, 0.2) is 41.7 Å². The molecule has 0 N–H and O–H groups in total. The number of aromatic nitrogens is 1. The third-order valence-corrected chi connectivity index (χ3v) is 7.08. The highest BCUT2D eigenvalue weighted by atomic mass is 19.1. The van der Waals surface area contributed by atoms with Gasteiger partial charge in [-0.1, -0.05) is 63.0 Å². The molecule has 3 rings (SSSR count). The Kier molecular flexibility index (Phi) is 9.89. The molecule has 0 fully saturated rings. The van der Waals surface area contributed by atoms with Crippen molar-refractivity contribution in [3.63, 3.8) is 0 Å². The molecule has 1 aliphatic heterocycles. The molecule has 1 unspecified atom stereocenters. The molecule has 0 saturated carbocycles. The fraction of sp³-hybridized carbons (Fsp3) is 0.552. The number of halogens is 1. The number of pyridine rings is 1. The Morgan fingerprint density at radius 3 is 2.57 bits per heavy atom. The number of carbonyl (C=O) groups is 3. The number of ether oxygens (including phenoxy) is 1. The Hall–Kier alpha value is -3.16. The van der Waals surface area contributed by atoms with Gasteiger partial charge in [0, 0.05) is 36.3 Å². The molecule has 8 heteroatoms. The van der Waals surface area contributed by atoms with Crippen LogP contribution in [0, 0.1) is 11.8 Å². The van der Waals surface area contributed by atoms with Crippen LogP contribution in [0.1, 0.15) is 78.3 Å². The van der Waals surface area contributed by atoms with E-state index in [-0.39, 0.29) is 31.3 Å². The molecule has 2 heterocycles. The molecule has 37 heavy (non-hydrogen) atoms.